The summed E-state index contributed by atoms with van der Waals surface area (Å²) in [5.74, 6) is 1.83. The molecule has 0 spiro atoms. The molecule has 5 heteroatoms. The first-order valence-corrected chi connectivity index (χ1v) is 7.19. The lowest BCUT2D eigenvalue weighted by atomic mass is 10.1. The van der Waals surface area contributed by atoms with E-state index in [1.54, 1.807) is 6.33 Å². The second kappa shape index (κ2) is 6.70. The highest BCUT2D eigenvalue weighted by Gasteiger charge is 2.14. The summed E-state index contributed by atoms with van der Waals surface area (Å²) in [5.41, 5.74) is 1.08. The van der Waals surface area contributed by atoms with Gasteiger partial charge in [0, 0.05) is 25.2 Å². The van der Waals surface area contributed by atoms with Gasteiger partial charge in [-0.05, 0) is 39.8 Å². The van der Waals surface area contributed by atoms with Gasteiger partial charge in [0.25, 0.3) is 0 Å². The summed E-state index contributed by atoms with van der Waals surface area (Å²) in [6.45, 7) is 7.81. The van der Waals surface area contributed by atoms with Gasteiger partial charge < -0.3 is 15.5 Å². The summed E-state index contributed by atoms with van der Waals surface area (Å²) in [6.07, 6.45) is 5.66. The summed E-state index contributed by atoms with van der Waals surface area (Å²) in [7, 11) is 1.89. The minimum absolute atomic E-state index is 0.399. The zero-order valence-electron chi connectivity index (χ0n) is 12.2. The number of likely N-dealkylation sites (tertiary alicyclic amines) is 1. The lowest BCUT2D eigenvalue weighted by Crippen LogP contribution is -2.38. The average Bonchev–Trinajstić information content (AvgIpc) is 2.42. The SMILES string of the molecule is CNc1ncnc(NC(C)CN2CCCCC2)c1C. The number of hydrogen-bond acceptors (Lipinski definition) is 5. The van der Waals surface area contributed by atoms with E-state index in [1.165, 1.54) is 32.4 Å². The maximum atomic E-state index is 4.34. The molecular formula is C14H25N5. The lowest BCUT2D eigenvalue weighted by Gasteiger charge is -2.29. The van der Waals surface area contributed by atoms with Crippen LogP contribution < -0.4 is 10.6 Å². The van der Waals surface area contributed by atoms with Crippen LogP contribution in [0.4, 0.5) is 11.6 Å². The van der Waals surface area contributed by atoms with Gasteiger partial charge in [-0.15, -0.1) is 0 Å². The maximum absolute atomic E-state index is 4.34. The van der Waals surface area contributed by atoms with Crippen molar-refractivity contribution >= 4 is 11.6 Å². The Labute approximate surface area is 115 Å². The summed E-state index contributed by atoms with van der Waals surface area (Å²) in [6, 6.07) is 0.399. The largest absolute Gasteiger partial charge is 0.373 e. The minimum Gasteiger partial charge on any atom is -0.373 e. The smallest absolute Gasteiger partial charge is 0.134 e. The van der Waals surface area contributed by atoms with Crippen LogP contribution in [0.25, 0.3) is 0 Å². The number of anilines is 2. The van der Waals surface area contributed by atoms with Crippen LogP contribution in [0.1, 0.15) is 31.7 Å². The summed E-state index contributed by atoms with van der Waals surface area (Å²) in [5, 5.41) is 6.59. The molecule has 1 aromatic heterocycles. The topological polar surface area (TPSA) is 53.1 Å². The first kappa shape index (κ1) is 14.1. The van der Waals surface area contributed by atoms with E-state index in [4.69, 9.17) is 0 Å². The van der Waals surface area contributed by atoms with Gasteiger partial charge >= 0.3 is 0 Å². The maximum Gasteiger partial charge on any atom is 0.134 e. The molecule has 0 saturated carbocycles. The molecule has 1 aromatic rings. The van der Waals surface area contributed by atoms with Crippen LogP contribution >= 0.6 is 0 Å². The Morgan fingerprint density at radius 3 is 2.58 bits per heavy atom. The molecule has 0 aliphatic carbocycles. The fourth-order valence-corrected chi connectivity index (χ4v) is 2.66. The highest BCUT2D eigenvalue weighted by Crippen LogP contribution is 2.18. The van der Waals surface area contributed by atoms with E-state index in [0.29, 0.717) is 6.04 Å². The van der Waals surface area contributed by atoms with Crippen LogP contribution in [-0.4, -0.2) is 47.6 Å². The van der Waals surface area contributed by atoms with E-state index in [2.05, 4.69) is 32.4 Å². The molecule has 2 N–H and O–H groups in total. The number of nitrogens with one attached hydrogen (secondary N) is 2. The molecule has 1 atom stereocenters. The van der Waals surface area contributed by atoms with Gasteiger partial charge in [-0.25, -0.2) is 9.97 Å². The Kier molecular flexibility index (Phi) is 4.96. The van der Waals surface area contributed by atoms with Crippen molar-refractivity contribution in [3.63, 3.8) is 0 Å². The van der Waals surface area contributed by atoms with Crippen molar-refractivity contribution in [2.75, 3.05) is 37.3 Å². The van der Waals surface area contributed by atoms with E-state index in [-0.39, 0.29) is 0 Å². The molecule has 1 fully saturated rings. The first-order valence-electron chi connectivity index (χ1n) is 7.19. The van der Waals surface area contributed by atoms with Crippen LogP contribution in [0, 0.1) is 6.92 Å². The van der Waals surface area contributed by atoms with Crippen molar-refractivity contribution in [3.05, 3.63) is 11.9 Å². The Morgan fingerprint density at radius 1 is 1.21 bits per heavy atom. The Bertz CT molecular complexity index is 401. The Hall–Kier alpha value is -1.36. The number of rotatable bonds is 5. The molecule has 5 nitrogen and oxygen atoms in total. The van der Waals surface area contributed by atoms with Crippen LogP contribution in [0.5, 0.6) is 0 Å². The van der Waals surface area contributed by atoms with Gasteiger partial charge in [0.15, 0.2) is 0 Å². The predicted molar refractivity (Wildman–Crippen MR) is 79.7 cm³/mol. The molecule has 1 unspecified atom stereocenters. The normalized spacial score (nSPS) is 18.1. The third kappa shape index (κ3) is 3.80. The van der Waals surface area contributed by atoms with Gasteiger partial charge in [-0.3, -0.25) is 0 Å². The predicted octanol–water partition coefficient (Wildman–Crippen LogP) is 2.11. The molecule has 1 aliphatic rings. The van der Waals surface area contributed by atoms with Crippen molar-refractivity contribution in [2.45, 2.75) is 39.2 Å². The quantitative estimate of drug-likeness (QED) is 0.852. The first-order chi connectivity index (χ1) is 9.20. The van der Waals surface area contributed by atoms with Crippen LogP contribution in [-0.2, 0) is 0 Å². The van der Waals surface area contributed by atoms with Crippen molar-refractivity contribution in [1.29, 1.82) is 0 Å². The second-order valence-electron chi connectivity index (χ2n) is 5.35. The van der Waals surface area contributed by atoms with Crippen LogP contribution in [0.15, 0.2) is 6.33 Å². The fraction of sp³-hybridized carbons (Fsp3) is 0.714. The molecule has 1 aliphatic heterocycles. The fourth-order valence-electron chi connectivity index (χ4n) is 2.66. The molecule has 2 rings (SSSR count). The third-order valence-electron chi connectivity index (χ3n) is 3.68. The zero-order chi connectivity index (χ0) is 13.7. The van der Waals surface area contributed by atoms with E-state index in [9.17, 15) is 0 Å². The van der Waals surface area contributed by atoms with Crippen molar-refractivity contribution in [1.82, 2.24) is 14.9 Å². The van der Waals surface area contributed by atoms with Gasteiger partial charge in [0.1, 0.15) is 18.0 Å². The summed E-state index contributed by atoms with van der Waals surface area (Å²) >= 11 is 0. The molecule has 0 amide bonds. The van der Waals surface area contributed by atoms with E-state index in [0.717, 1.165) is 23.7 Å². The highest BCUT2D eigenvalue weighted by atomic mass is 15.2. The molecule has 2 heterocycles. The van der Waals surface area contributed by atoms with Gasteiger partial charge in [-0.1, -0.05) is 6.42 Å². The van der Waals surface area contributed by atoms with Crippen LogP contribution in [0.3, 0.4) is 0 Å². The van der Waals surface area contributed by atoms with Gasteiger partial charge in [-0.2, -0.15) is 0 Å². The summed E-state index contributed by atoms with van der Waals surface area (Å²) in [4.78, 5) is 11.1. The highest BCUT2D eigenvalue weighted by molar-refractivity contribution is 5.56. The zero-order valence-corrected chi connectivity index (χ0v) is 12.2. The number of hydrogen-bond donors (Lipinski definition) is 2. The Balaban J connectivity index is 1.92. The number of piperidine rings is 1. The summed E-state index contributed by atoms with van der Waals surface area (Å²) < 4.78 is 0. The van der Waals surface area contributed by atoms with Crippen LogP contribution in [0.2, 0.25) is 0 Å². The van der Waals surface area contributed by atoms with Gasteiger partial charge in [0.2, 0.25) is 0 Å². The molecule has 0 aromatic carbocycles. The van der Waals surface area contributed by atoms with Crippen molar-refractivity contribution in [3.8, 4) is 0 Å². The van der Waals surface area contributed by atoms with E-state index < -0.39 is 0 Å². The monoisotopic (exact) mass is 263 g/mol. The molecule has 1 saturated heterocycles. The van der Waals surface area contributed by atoms with Crippen molar-refractivity contribution in [2.24, 2.45) is 0 Å². The Morgan fingerprint density at radius 2 is 1.89 bits per heavy atom. The number of aromatic nitrogens is 2. The molecule has 106 valence electrons. The molecule has 0 radical (unpaired) electrons. The second-order valence-corrected chi connectivity index (χ2v) is 5.35. The standard InChI is InChI=1S/C14H25N5/c1-11(9-19-7-5-4-6-8-19)18-14-12(2)13(15-3)16-10-17-14/h10-11H,4-9H2,1-3H3,(H2,15,16,17,18). The molecular weight excluding hydrogens is 238 g/mol. The third-order valence-corrected chi connectivity index (χ3v) is 3.68. The molecule has 0 bridgehead atoms. The molecule has 19 heavy (non-hydrogen) atoms. The van der Waals surface area contributed by atoms with E-state index in [1.807, 2.05) is 14.0 Å². The van der Waals surface area contributed by atoms with E-state index >= 15 is 0 Å². The minimum atomic E-state index is 0.399. The lowest BCUT2D eigenvalue weighted by molar-refractivity contribution is 0.223. The van der Waals surface area contributed by atoms with Crippen molar-refractivity contribution < 1.29 is 0 Å². The van der Waals surface area contributed by atoms with Gasteiger partial charge in [0.05, 0.1) is 0 Å². The number of nitrogens with zero attached hydrogens (tertiary/aromatic N) is 3. The average molecular weight is 263 g/mol.